The summed E-state index contributed by atoms with van der Waals surface area (Å²) < 4.78 is 0. The number of rotatable bonds is 1. The molecule has 0 saturated carbocycles. The first-order chi connectivity index (χ1) is 3.80. The average molecular weight is 154 g/mol. The molecule has 0 aromatic rings. The minimum absolute atomic E-state index is 0.0154. The second kappa shape index (κ2) is 2.92. The molecule has 0 aromatic heterocycles. The van der Waals surface area contributed by atoms with Gasteiger partial charge in [0.2, 0.25) is 0 Å². The summed E-state index contributed by atoms with van der Waals surface area (Å²) in [6.45, 7) is 0.848. The molecule has 0 aromatic carbocycles. The Hall–Kier alpha value is 0.565. The molecule has 0 bridgehead atoms. The normalized spacial score (nSPS) is 28.5. The van der Waals surface area contributed by atoms with Crippen LogP contribution in [0, 0.1) is 0 Å². The lowest BCUT2D eigenvalue weighted by molar-refractivity contribution is 0.0771. The van der Waals surface area contributed by atoms with E-state index in [4.69, 9.17) is 27.8 Å². The standard InChI is InChI=1S/C3H6BCl2NO/c5-4(6)3-1-2-7-8-3/h3,7H,1-2H2/t3-/m0/s1. The summed E-state index contributed by atoms with van der Waals surface area (Å²) >= 11 is 11.0. The molecule has 46 valence electrons. The zero-order chi connectivity index (χ0) is 5.98. The molecule has 1 fully saturated rings. The monoisotopic (exact) mass is 153 g/mol. The van der Waals surface area contributed by atoms with Crippen LogP contribution in [0.3, 0.4) is 0 Å². The highest BCUT2D eigenvalue weighted by Gasteiger charge is 2.26. The second-order valence-electron chi connectivity index (χ2n) is 1.67. The minimum Gasteiger partial charge on any atom is -0.304 e. The molecule has 1 rings (SSSR count). The summed E-state index contributed by atoms with van der Waals surface area (Å²) in [6, 6.07) is -0.0154. The number of nitrogens with one attached hydrogen (secondary N) is 1. The van der Waals surface area contributed by atoms with Crippen LogP contribution < -0.4 is 5.48 Å². The van der Waals surface area contributed by atoms with Crippen molar-refractivity contribution >= 4 is 28.5 Å². The Balaban J connectivity index is 2.24. The van der Waals surface area contributed by atoms with Crippen LogP contribution in [0.4, 0.5) is 0 Å². The summed E-state index contributed by atoms with van der Waals surface area (Å²) in [6.07, 6.45) is 0.900. The number of hydroxylamine groups is 1. The molecule has 5 heteroatoms. The molecule has 1 atom stereocenters. The first-order valence-corrected chi connectivity index (χ1v) is 3.34. The van der Waals surface area contributed by atoms with E-state index in [0.29, 0.717) is 0 Å². The van der Waals surface area contributed by atoms with Gasteiger partial charge in [0, 0.05) is 6.54 Å². The second-order valence-corrected chi connectivity index (χ2v) is 2.84. The largest absolute Gasteiger partial charge is 0.382 e. The third kappa shape index (κ3) is 1.52. The van der Waals surface area contributed by atoms with Gasteiger partial charge < -0.3 is 4.84 Å². The Bertz CT molecular complexity index is 75.7. The fourth-order valence-electron chi connectivity index (χ4n) is 0.603. The van der Waals surface area contributed by atoms with Gasteiger partial charge in [-0.3, -0.25) is 0 Å². The maximum Gasteiger partial charge on any atom is 0.382 e. The summed E-state index contributed by atoms with van der Waals surface area (Å²) in [5, 5.41) is 0. The first-order valence-electron chi connectivity index (χ1n) is 2.47. The maximum atomic E-state index is 5.48. The third-order valence-corrected chi connectivity index (χ3v) is 1.61. The van der Waals surface area contributed by atoms with Crippen LogP contribution in [0.2, 0.25) is 0 Å². The van der Waals surface area contributed by atoms with E-state index < -0.39 is 5.54 Å². The highest BCUT2D eigenvalue weighted by Crippen LogP contribution is 2.12. The van der Waals surface area contributed by atoms with E-state index in [1.54, 1.807) is 0 Å². The van der Waals surface area contributed by atoms with Crippen LogP contribution in [0.15, 0.2) is 0 Å². The van der Waals surface area contributed by atoms with Crippen molar-refractivity contribution in [2.75, 3.05) is 6.54 Å². The van der Waals surface area contributed by atoms with Gasteiger partial charge in [-0.15, -0.1) is 0 Å². The number of hydrogen-bond donors (Lipinski definition) is 1. The summed E-state index contributed by atoms with van der Waals surface area (Å²) in [4.78, 5) is 4.90. The molecular formula is C3H6BCl2NO. The third-order valence-electron chi connectivity index (χ3n) is 1.05. The van der Waals surface area contributed by atoms with Crippen molar-refractivity contribution in [3.05, 3.63) is 0 Å². The van der Waals surface area contributed by atoms with E-state index in [0.717, 1.165) is 13.0 Å². The zero-order valence-electron chi connectivity index (χ0n) is 4.23. The van der Waals surface area contributed by atoms with Crippen molar-refractivity contribution in [1.29, 1.82) is 0 Å². The van der Waals surface area contributed by atoms with E-state index >= 15 is 0 Å². The molecule has 1 aliphatic rings. The molecule has 0 radical (unpaired) electrons. The van der Waals surface area contributed by atoms with Crippen molar-refractivity contribution in [3.8, 4) is 0 Å². The molecule has 2 nitrogen and oxygen atoms in total. The zero-order valence-corrected chi connectivity index (χ0v) is 5.74. The van der Waals surface area contributed by atoms with E-state index in [1.165, 1.54) is 0 Å². The lowest BCUT2D eigenvalue weighted by Crippen LogP contribution is -2.20. The molecule has 0 amide bonds. The van der Waals surface area contributed by atoms with Crippen LogP contribution in [-0.2, 0) is 4.84 Å². The van der Waals surface area contributed by atoms with E-state index in [1.807, 2.05) is 0 Å². The van der Waals surface area contributed by atoms with Gasteiger partial charge in [0.15, 0.2) is 0 Å². The molecule has 0 aliphatic carbocycles. The predicted molar refractivity (Wildman–Crippen MR) is 35.0 cm³/mol. The quantitative estimate of drug-likeness (QED) is 0.563. The fourth-order valence-corrected chi connectivity index (χ4v) is 0.958. The van der Waals surface area contributed by atoms with Gasteiger partial charge in [-0.25, -0.2) is 5.48 Å². The van der Waals surface area contributed by atoms with E-state index in [2.05, 4.69) is 5.48 Å². The van der Waals surface area contributed by atoms with Gasteiger partial charge in [-0.2, -0.15) is 22.9 Å². The molecule has 1 saturated heterocycles. The Morgan fingerprint density at radius 2 is 2.38 bits per heavy atom. The Labute approximate surface area is 58.3 Å². The number of hydrogen-bond acceptors (Lipinski definition) is 2. The van der Waals surface area contributed by atoms with Gasteiger partial charge >= 0.3 is 5.54 Å². The average Bonchev–Trinajstić information content (AvgIpc) is 2.12. The lowest BCUT2D eigenvalue weighted by atomic mass is 9.94. The molecule has 1 aliphatic heterocycles. The molecule has 1 N–H and O–H groups in total. The fraction of sp³-hybridized carbons (Fsp3) is 1.00. The molecule has 1 heterocycles. The van der Waals surface area contributed by atoms with E-state index in [-0.39, 0.29) is 6.00 Å². The van der Waals surface area contributed by atoms with Gasteiger partial charge in [0.1, 0.15) is 0 Å². The molecule has 0 unspecified atom stereocenters. The molecule has 8 heavy (non-hydrogen) atoms. The summed E-state index contributed by atoms with van der Waals surface area (Å²) in [7, 11) is 0. The van der Waals surface area contributed by atoms with Crippen LogP contribution in [0.1, 0.15) is 6.42 Å². The Morgan fingerprint density at radius 3 is 2.62 bits per heavy atom. The summed E-state index contributed by atoms with van der Waals surface area (Å²) in [5.41, 5.74) is 2.29. The number of halogens is 2. The van der Waals surface area contributed by atoms with Gasteiger partial charge in [-0.1, -0.05) is 0 Å². The van der Waals surface area contributed by atoms with Crippen molar-refractivity contribution in [2.24, 2.45) is 0 Å². The van der Waals surface area contributed by atoms with Crippen molar-refractivity contribution in [3.63, 3.8) is 0 Å². The molecular weight excluding hydrogens is 148 g/mol. The SMILES string of the molecule is ClB(Cl)[C@@H]1CCNO1. The van der Waals surface area contributed by atoms with Crippen molar-refractivity contribution in [1.82, 2.24) is 5.48 Å². The highest BCUT2D eigenvalue weighted by atomic mass is 35.5. The molecule has 0 spiro atoms. The smallest absolute Gasteiger partial charge is 0.304 e. The minimum atomic E-state index is -0.398. The maximum absolute atomic E-state index is 5.48. The Kier molecular flexibility index (Phi) is 2.44. The first kappa shape index (κ1) is 6.68. The van der Waals surface area contributed by atoms with Gasteiger partial charge in [-0.05, 0) is 6.42 Å². The topological polar surface area (TPSA) is 21.3 Å². The predicted octanol–water partition coefficient (Wildman–Crippen LogP) is 0.785. The summed E-state index contributed by atoms with van der Waals surface area (Å²) in [5.74, 6) is 0. The van der Waals surface area contributed by atoms with E-state index in [9.17, 15) is 0 Å². The van der Waals surface area contributed by atoms with Crippen LogP contribution in [0.25, 0.3) is 0 Å². The Morgan fingerprint density at radius 1 is 1.62 bits per heavy atom. The highest BCUT2D eigenvalue weighted by molar-refractivity contribution is 7.34. The van der Waals surface area contributed by atoms with Crippen molar-refractivity contribution in [2.45, 2.75) is 12.4 Å². The van der Waals surface area contributed by atoms with Crippen LogP contribution in [-0.4, -0.2) is 18.1 Å². The lowest BCUT2D eigenvalue weighted by Gasteiger charge is -2.02. The van der Waals surface area contributed by atoms with Crippen LogP contribution >= 0.6 is 22.9 Å². The van der Waals surface area contributed by atoms with Crippen molar-refractivity contribution < 1.29 is 4.84 Å². The van der Waals surface area contributed by atoms with Crippen LogP contribution in [0.5, 0.6) is 0 Å². The van der Waals surface area contributed by atoms with Gasteiger partial charge in [0.25, 0.3) is 0 Å². The van der Waals surface area contributed by atoms with Gasteiger partial charge in [0.05, 0.1) is 6.00 Å².